The summed E-state index contributed by atoms with van der Waals surface area (Å²) < 4.78 is 5.86. The Balaban J connectivity index is 2.76. The van der Waals surface area contributed by atoms with Gasteiger partial charge in [-0.1, -0.05) is 15.9 Å². The first kappa shape index (κ1) is 10.8. The Kier molecular flexibility index (Phi) is 3.76. The van der Waals surface area contributed by atoms with Crippen LogP contribution in [0, 0.1) is 0 Å². The first-order valence-electron chi connectivity index (χ1n) is 3.92. The summed E-state index contributed by atoms with van der Waals surface area (Å²) in [5.74, 6) is -0.226. The van der Waals surface area contributed by atoms with E-state index in [9.17, 15) is 4.79 Å². The molecule has 0 unspecified atom stereocenters. The summed E-state index contributed by atoms with van der Waals surface area (Å²) in [5.41, 5.74) is 0.707. The smallest absolute Gasteiger partial charge is 0.322 e. The molecule has 0 amide bonds. The molecule has 0 saturated heterocycles. The average molecular weight is 260 g/mol. The summed E-state index contributed by atoms with van der Waals surface area (Å²) in [6.45, 7) is -0.112. The highest BCUT2D eigenvalue weighted by molar-refractivity contribution is 9.10. The summed E-state index contributed by atoms with van der Waals surface area (Å²) in [6.07, 6.45) is 0. The fourth-order valence-corrected chi connectivity index (χ4v) is 1.43. The number of anilines is 1. The van der Waals surface area contributed by atoms with Crippen LogP contribution < -0.4 is 10.1 Å². The van der Waals surface area contributed by atoms with Gasteiger partial charge in [0.25, 0.3) is 0 Å². The minimum absolute atomic E-state index is 0.112. The van der Waals surface area contributed by atoms with Gasteiger partial charge in [-0.05, 0) is 12.1 Å². The van der Waals surface area contributed by atoms with E-state index in [-0.39, 0.29) is 6.54 Å². The normalized spacial score (nSPS) is 9.57. The third-order valence-electron chi connectivity index (χ3n) is 1.55. The van der Waals surface area contributed by atoms with Crippen molar-refractivity contribution in [2.24, 2.45) is 0 Å². The second-order valence-electron chi connectivity index (χ2n) is 2.63. The fraction of sp³-hybridized carbons (Fsp3) is 0.222. The summed E-state index contributed by atoms with van der Waals surface area (Å²) in [6, 6.07) is 5.31. The molecule has 0 spiro atoms. The molecular formula is C9H10BrNO3. The number of nitrogens with one attached hydrogen (secondary N) is 1. The van der Waals surface area contributed by atoms with Crippen LogP contribution in [0.5, 0.6) is 5.75 Å². The van der Waals surface area contributed by atoms with Crippen LogP contribution >= 0.6 is 15.9 Å². The Hall–Kier alpha value is -1.23. The molecule has 1 rings (SSSR count). The molecule has 0 heterocycles. The van der Waals surface area contributed by atoms with Crippen LogP contribution in [-0.2, 0) is 4.79 Å². The van der Waals surface area contributed by atoms with Crippen LogP contribution in [0.1, 0.15) is 0 Å². The lowest BCUT2D eigenvalue weighted by atomic mass is 10.3. The Labute approximate surface area is 90.0 Å². The highest BCUT2D eigenvalue weighted by Crippen LogP contribution is 2.24. The van der Waals surface area contributed by atoms with E-state index >= 15 is 0 Å². The summed E-state index contributed by atoms with van der Waals surface area (Å²) >= 11 is 3.29. The van der Waals surface area contributed by atoms with Crippen LogP contribution in [0.3, 0.4) is 0 Å². The Morgan fingerprint density at radius 3 is 2.86 bits per heavy atom. The van der Waals surface area contributed by atoms with Crippen molar-refractivity contribution in [1.82, 2.24) is 0 Å². The van der Waals surface area contributed by atoms with E-state index in [1.54, 1.807) is 25.3 Å². The molecule has 1 aromatic carbocycles. The quantitative estimate of drug-likeness (QED) is 0.868. The minimum atomic E-state index is -0.899. The molecule has 0 radical (unpaired) electrons. The SMILES string of the molecule is COc1cc(Br)cc(NCC(=O)O)c1. The highest BCUT2D eigenvalue weighted by Gasteiger charge is 2.01. The first-order valence-corrected chi connectivity index (χ1v) is 4.71. The van der Waals surface area contributed by atoms with Gasteiger partial charge < -0.3 is 15.2 Å². The maximum Gasteiger partial charge on any atom is 0.322 e. The number of benzene rings is 1. The van der Waals surface area contributed by atoms with Gasteiger partial charge in [0, 0.05) is 16.2 Å². The molecule has 0 aliphatic rings. The molecule has 0 aromatic heterocycles. The third kappa shape index (κ3) is 3.26. The standard InChI is InChI=1S/C9H10BrNO3/c1-14-8-3-6(10)2-7(4-8)11-5-9(12)13/h2-4,11H,5H2,1H3,(H,12,13). The molecule has 0 bridgehead atoms. The predicted molar refractivity (Wildman–Crippen MR) is 56.8 cm³/mol. The molecule has 76 valence electrons. The molecule has 0 fully saturated rings. The molecule has 2 N–H and O–H groups in total. The predicted octanol–water partition coefficient (Wildman–Crippen LogP) is 1.95. The van der Waals surface area contributed by atoms with Gasteiger partial charge >= 0.3 is 5.97 Å². The van der Waals surface area contributed by atoms with Crippen molar-refractivity contribution in [2.75, 3.05) is 19.0 Å². The Bertz CT molecular complexity index is 341. The minimum Gasteiger partial charge on any atom is -0.497 e. The number of hydrogen-bond donors (Lipinski definition) is 2. The number of halogens is 1. The average Bonchev–Trinajstić information content (AvgIpc) is 2.14. The second kappa shape index (κ2) is 4.85. The maximum atomic E-state index is 10.3. The first-order chi connectivity index (χ1) is 6.61. The van der Waals surface area contributed by atoms with Crippen LogP contribution in [0.2, 0.25) is 0 Å². The summed E-state index contributed by atoms with van der Waals surface area (Å²) in [5, 5.41) is 11.2. The monoisotopic (exact) mass is 259 g/mol. The van der Waals surface area contributed by atoms with Crippen LogP contribution in [0.25, 0.3) is 0 Å². The number of carboxylic acids is 1. The zero-order valence-electron chi connectivity index (χ0n) is 7.58. The molecule has 5 heteroatoms. The fourth-order valence-electron chi connectivity index (χ4n) is 0.960. The molecule has 14 heavy (non-hydrogen) atoms. The molecule has 0 aliphatic carbocycles. The molecule has 0 aliphatic heterocycles. The Morgan fingerprint density at radius 1 is 1.57 bits per heavy atom. The number of aliphatic carboxylic acids is 1. The van der Waals surface area contributed by atoms with Gasteiger partial charge in [0.15, 0.2) is 0 Å². The van der Waals surface area contributed by atoms with E-state index in [4.69, 9.17) is 9.84 Å². The van der Waals surface area contributed by atoms with Gasteiger partial charge in [-0.15, -0.1) is 0 Å². The number of rotatable bonds is 4. The van der Waals surface area contributed by atoms with Crippen LogP contribution in [-0.4, -0.2) is 24.7 Å². The van der Waals surface area contributed by atoms with Crippen LogP contribution in [0.4, 0.5) is 5.69 Å². The number of hydrogen-bond acceptors (Lipinski definition) is 3. The largest absolute Gasteiger partial charge is 0.497 e. The number of carbonyl (C=O) groups is 1. The zero-order valence-corrected chi connectivity index (χ0v) is 9.17. The highest BCUT2D eigenvalue weighted by atomic mass is 79.9. The van der Waals surface area contributed by atoms with Gasteiger partial charge in [0.05, 0.1) is 7.11 Å². The van der Waals surface area contributed by atoms with Crippen molar-refractivity contribution >= 4 is 27.6 Å². The second-order valence-corrected chi connectivity index (χ2v) is 3.54. The zero-order chi connectivity index (χ0) is 10.6. The van der Waals surface area contributed by atoms with Gasteiger partial charge in [0.1, 0.15) is 12.3 Å². The van der Waals surface area contributed by atoms with Crippen molar-refractivity contribution < 1.29 is 14.6 Å². The van der Waals surface area contributed by atoms with Crippen molar-refractivity contribution in [3.05, 3.63) is 22.7 Å². The number of methoxy groups -OCH3 is 1. The van der Waals surface area contributed by atoms with Gasteiger partial charge in [0.2, 0.25) is 0 Å². The third-order valence-corrected chi connectivity index (χ3v) is 2.01. The van der Waals surface area contributed by atoms with E-state index < -0.39 is 5.97 Å². The lowest BCUT2D eigenvalue weighted by molar-refractivity contribution is -0.134. The lowest BCUT2D eigenvalue weighted by Crippen LogP contribution is -2.12. The lowest BCUT2D eigenvalue weighted by Gasteiger charge is -2.06. The molecule has 1 aromatic rings. The molecule has 4 nitrogen and oxygen atoms in total. The summed E-state index contributed by atoms with van der Waals surface area (Å²) in [4.78, 5) is 10.3. The van der Waals surface area contributed by atoms with Gasteiger partial charge in [-0.2, -0.15) is 0 Å². The number of carboxylic acid groups (broad SMARTS) is 1. The van der Waals surface area contributed by atoms with E-state index in [0.717, 1.165) is 4.47 Å². The van der Waals surface area contributed by atoms with E-state index in [1.807, 2.05) is 0 Å². The van der Waals surface area contributed by atoms with E-state index in [1.165, 1.54) is 0 Å². The van der Waals surface area contributed by atoms with Gasteiger partial charge in [-0.25, -0.2) is 0 Å². The van der Waals surface area contributed by atoms with Crippen molar-refractivity contribution in [2.45, 2.75) is 0 Å². The molecular weight excluding hydrogens is 250 g/mol. The van der Waals surface area contributed by atoms with Crippen molar-refractivity contribution in [3.8, 4) is 5.75 Å². The van der Waals surface area contributed by atoms with Crippen molar-refractivity contribution in [3.63, 3.8) is 0 Å². The summed E-state index contributed by atoms with van der Waals surface area (Å²) in [7, 11) is 1.56. The van der Waals surface area contributed by atoms with Crippen molar-refractivity contribution in [1.29, 1.82) is 0 Å². The number of ether oxygens (including phenoxy) is 1. The molecule has 0 saturated carbocycles. The Morgan fingerprint density at radius 2 is 2.29 bits per heavy atom. The maximum absolute atomic E-state index is 10.3. The van der Waals surface area contributed by atoms with E-state index in [0.29, 0.717) is 11.4 Å². The van der Waals surface area contributed by atoms with Crippen LogP contribution in [0.15, 0.2) is 22.7 Å². The topological polar surface area (TPSA) is 58.6 Å². The van der Waals surface area contributed by atoms with E-state index in [2.05, 4.69) is 21.2 Å². The van der Waals surface area contributed by atoms with Gasteiger partial charge in [-0.3, -0.25) is 4.79 Å². The molecule has 0 atom stereocenters.